The highest BCUT2D eigenvalue weighted by molar-refractivity contribution is 5.30. The van der Waals surface area contributed by atoms with Crippen LogP contribution in [0.15, 0.2) is 42.7 Å². The average molecular weight is 271 g/mol. The number of hydrogen-bond donors (Lipinski definition) is 1. The number of nitrogens with two attached hydrogens (primary N) is 1. The van der Waals surface area contributed by atoms with E-state index in [1.54, 1.807) is 0 Å². The second kappa shape index (κ2) is 6.20. The van der Waals surface area contributed by atoms with Crippen molar-refractivity contribution >= 4 is 0 Å². The maximum Gasteiger partial charge on any atom is 0.0751 e. The maximum atomic E-state index is 5.96. The van der Waals surface area contributed by atoms with E-state index in [9.17, 15) is 0 Å². The van der Waals surface area contributed by atoms with Crippen LogP contribution < -0.4 is 5.73 Å². The molecule has 1 fully saturated rings. The van der Waals surface area contributed by atoms with E-state index in [1.807, 2.05) is 47.4 Å². The van der Waals surface area contributed by atoms with Crippen molar-refractivity contribution in [2.24, 2.45) is 5.73 Å². The third kappa shape index (κ3) is 3.26. The van der Waals surface area contributed by atoms with E-state index in [2.05, 4.69) is 5.10 Å². The molecule has 4 heteroatoms. The lowest BCUT2D eigenvalue weighted by Crippen LogP contribution is -2.30. The summed E-state index contributed by atoms with van der Waals surface area (Å²) in [6.07, 6.45) is 8.57. The number of nitrogens with zero attached hydrogens (tertiary/aromatic N) is 2. The Balaban J connectivity index is 1.55. The zero-order valence-corrected chi connectivity index (χ0v) is 11.6. The first-order chi connectivity index (χ1) is 9.81. The van der Waals surface area contributed by atoms with Crippen molar-refractivity contribution in [1.29, 1.82) is 0 Å². The number of benzene rings is 1. The third-order valence-corrected chi connectivity index (χ3v) is 3.86. The molecule has 3 rings (SSSR count). The first-order valence-electron chi connectivity index (χ1n) is 7.27. The van der Waals surface area contributed by atoms with Crippen LogP contribution in [0.25, 0.3) is 5.69 Å². The van der Waals surface area contributed by atoms with Crippen LogP contribution in [0.1, 0.15) is 31.2 Å². The van der Waals surface area contributed by atoms with Crippen LogP contribution in [0.5, 0.6) is 0 Å². The fraction of sp³-hybridized carbons (Fsp3) is 0.438. The summed E-state index contributed by atoms with van der Waals surface area (Å²) in [6.45, 7) is 0.632. The number of ether oxygens (including phenoxy) is 1. The number of hydrogen-bond acceptors (Lipinski definition) is 3. The van der Waals surface area contributed by atoms with Gasteiger partial charge in [0.15, 0.2) is 0 Å². The van der Waals surface area contributed by atoms with E-state index in [4.69, 9.17) is 10.5 Å². The molecule has 1 heterocycles. The van der Waals surface area contributed by atoms with Gasteiger partial charge in [0.25, 0.3) is 0 Å². The molecule has 0 unspecified atom stereocenters. The van der Waals surface area contributed by atoms with Crippen LogP contribution in [0.3, 0.4) is 0 Å². The van der Waals surface area contributed by atoms with Crippen LogP contribution in [0, 0.1) is 0 Å². The van der Waals surface area contributed by atoms with Crippen molar-refractivity contribution in [3.8, 4) is 5.69 Å². The van der Waals surface area contributed by atoms with Gasteiger partial charge in [0, 0.05) is 17.8 Å². The van der Waals surface area contributed by atoms with Crippen molar-refractivity contribution in [2.45, 2.75) is 44.4 Å². The van der Waals surface area contributed by atoms with Crippen LogP contribution in [0.2, 0.25) is 0 Å². The molecule has 0 bridgehead atoms. The molecule has 2 N–H and O–H groups in total. The van der Waals surface area contributed by atoms with E-state index in [0.29, 0.717) is 18.8 Å². The molecule has 106 valence electrons. The fourth-order valence-corrected chi connectivity index (χ4v) is 2.63. The molecule has 1 aliphatic carbocycles. The van der Waals surface area contributed by atoms with Gasteiger partial charge in [0.05, 0.1) is 24.6 Å². The summed E-state index contributed by atoms with van der Waals surface area (Å²) in [5, 5.41) is 4.38. The summed E-state index contributed by atoms with van der Waals surface area (Å²) < 4.78 is 7.84. The minimum absolute atomic E-state index is 0.356. The SMILES string of the molecule is NC1CCC(OCc2cnn(-c3ccccc3)c2)CC1. The average Bonchev–Trinajstić information content (AvgIpc) is 2.97. The Morgan fingerprint density at radius 1 is 1.15 bits per heavy atom. The predicted octanol–water partition coefficient (Wildman–Crippen LogP) is 2.66. The van der Waals surface area contributed by atoms with E-state index >= 15 is 0 Å². The van der Waals surface area contributed by atoms with Gasteiger partial charge in [-0.1, -0.05) is 18.2 Å². The Morgan fingerprint density at radius 3 is 2.65 bits per heavy atom. The standard InChI is InChI=1S/C16H21N3O/c17-14-6-8-16(9-7-14)20-12-13-10-18-19(11-13)15-4-2-1-3-5-15/h1-5,10-11,14,16H,6-9,12,17H2. The van der Waals surface area contributed by atoms with Gasteiger partial charge in [0.2, 0.25) is 0 Å². The molecule has 1 aromatic carbocycles. The van der Waals surface area contributed by atoms with Crippen LogP contribution in [-0.4, -0.2) is 21.9 Å². The highest BCUT2D eigenvalue weighted by Crippen LogP contribution is 2.21. The van der Waals surface area contributed by atoms with Crippen LogP contribution in [-0.2, 0) is 11.3 Å². The Morgan fingerprint density at radius 2 is 1.90 bits per heavy atom. The molecule has 1 aliphatic rings. The molecular weight excluding hydrogens is 250 g/mol. The van der Waals surface area contributed by atoms with Crippen molar-refractivity contribution in [1.82, 2.24) is 9.78 Å². The minimum atomic E-state index is 0.356. The quantitative estimate of drug-likeness (QED) is 0.930. The summed E-state index contributed by atoms with van der Waals surface area (Å²) in [5.74, 6) is 0. The largest absolute Gasteiger partial charge is 0.373 e. The van der Waals surface area contributed by atoms with Gasteiger partial charge in [-0.15, -0.1) is 0 Å². The van der Waals surface area contributed by atoms with Gasteiger partial charge in [-0.05, 0) is 37.8 Å². The monoisotopic (exact) mass is 271 g/mol. The van der Waals surface area contributed by atoms with Gasteiger partial charge in [-0.25, -0.2) is 4.68 Å². The van der Waals surface area contributed by atoms with Gasteiger partial charge in [-0.2, -0.15) is 5.10 Å². The first kappa shape index (κ1) is 13.3. The summed E-state index contributed by atoms with van der Waals surface area (Å²) >= 11 is 0. The van der Waals surface area contributed by atoms with Gasteiger partial charge in [-0.3, -0.25) is 0 Å². The summed E-state index contributed by atoms with van der Waals surface area (Å²) in [7, 11) is 0. The molecule has 20 heavy (non-hydrogen) atoms. The lowest BCUT2D eigenvalue weighted by atomic mass is 9.94. The first-order valence-corrected chi connectivity index (χ1v) is 7.27. The minimum Gasteiger partial charge on any atom is -0.373 e. The second-order valence-electron chi connectivity index (χ2n) is 5.48. The molecular formula is C16H21N3O. The number of para-hydroxylation sites is 1. The topological polar surface area (TPSA) is 53.1 Å². The molecule has 1 saturated carbocycles. The lowest BCUT2D eigenvalue weighted by Gasteiger charge is -2.25. The summed E-state index contributed by atoms with van der Waals surface area (Å²) in [5.41, 5.74) is 8.09. The smallest absolute Gasteiger partial charge is 0.0751 e. The van der Waals surface area contributed by atoms with Crippen molar-refractivity contribution < 1.29 is 4.74 Å². The van der Waals surface area contributed by atoms with Crippen molar-refractivity contribution in [2.75, 3.05) is 0 Å². The van der Waals surface area contributed by atoms with E-state index in [-0.39, 0.29) is 0 Å². The Hall–Kier alpha value is -1.65. The Bertz CT molecular complexity index is 530. The Kier molecular flexibility index (Phi) is 4.14. The molecule has 0 aliphatic heterocycles. The molecule has 0 saturated heterocycles. The maximum absolute atomic E-state index is 5.96. The predicted molar refractivity (Wildman–Crippen MR) is 78.6 cm³/mol. The van der Waals surface area contributed by atoms with Crippen LogP contribution >= 0.6 is 0 Å². The zero-order valence-electron chi connectivity index (χ0n) is 11.6. The van der Waals surface area contributed by atoms with Gasteiger partial charge < -0.3 is 10.5 Å². The molecule has 4 nitrogen and oxygen atoms in total. The molecule has 0 amide bonds. The second-order valence-corrected chi connectivity index (χ2v) is 5.48. The molecule has 1 aromatic heterocycles. The van der Waals surface area contributed by atoms with Crippen molar-refractivity contribution in [3.63, 3.8) is 0 Å². The van der Waals surface area contributed by atoms with E-state index < -0.39 is 0 Å². The number of rotatable bonds is 4. The normalized spacial score (nSPS) is 22.9. The van der Waals surface area contributed by atoms with Crippen molar-refractivity contribution in [3.05, 3.63) is 48.3 Å². The van der Waals surface area contributed by atoms with E-state index in [0.717, 1.165) is 36.9 Å². The van der Waals surface area contributed by atoms with Crippen LogP contribution in [0.4, 0.5) is 0 Å². The molecule has 2 aromatic rings. The number of aromatic nitrogens is 2. The van der Waals surface area contributed by atoms with Gasteiger partial charge in [0.1, 0.15) is 0 Å². The lowest BCUT2D eigenvalue weighted by molar-refractivity contribution is 0.0138. The molecule has 0 atom stereocenters. The highest BCUT2D eigenvalue weighted by atomic mass is 16.5. The van der Waals surface area contributed by atoms with Gasteiger partial charge >= 0.3 is 0 Å². The van der Waals surface area contributed by atoms with E-state index in [1.165, 1.54) is 0 Å². The molecule has 0 radical (unpaired) electrons. The molecule has 0 spiro atoms. The highest BCUT2D eigenvalue weighted by Gasteiger charge is 2.18. The zero-order chi connectivity index (χ0) is 13.8. The summed E-state index contributed by atoms with van der Waals surface area (Å²) in [6, 6.07) is 10.5. The Labute approximate surface area is 119 Å². The summed E-state index contributed by atoms with van der Waals surface area (Å²) in [4.78, 5) is 0. The third-order valence-electron chi connectivity index (χ3n) is 3.86. The fourth-order valence-electron chi connectivity index (χ4n) is 2.63.